The van der Waals surface area contributed by atoms with Crippen molar-refractivity contribution < 1.29 is 9.26 Å². The van der Waals surface area contributed by atoms with Crippen LogP contribution < -0.4 is 4.74 Å². The zero-order valence-corrected chi connectivity index (χ0v) is 10.7. The van der Waals surface area contributed by atoms with Crippen LogP contribution in [0.3, 0.4) is 0 Å². The fraction of sp³-hybridized carbons (Fsp3) is 0.357. The third kappa shape index (κ3) is 2.49. The third-order valence-electron chi connectivity index (χ3n) is 2.90. The Morgan fingerprint density at radius 1 is 1.18 bits per heavy atom. The SMILES string of the molecule is Cc1ccc(C)c(OCc2c(C)noc2C)c1. The second-order valence-corrected chi connectivity index (χ2v) is 4.36. The number of rotatable bonds is 3. The molecule has 0 atom stereocenters. The zero-order chi connectivity index (χ0) is 12.4. The van der Waals surface area contributed by atoms with Crippen LogP contribution in [0.5, 0.6) is 5.75 Å². The largest absolute Gasteiger partial charge is 0.488 e. The highest BCUT2D eigenvalue weighted by Crippen LogP contribution is 2.22. The second kappa shape index (κ2) is 4.62. The van der Waals surface area contributed by atoms with E-state index in [1.54, 1.807) is 0 Å². The van der Waals surface area contributed by atoms with E-state index < -0.39 is 0 Å². The molecule has 17 heavy (non-hydrogen) atoms. The van der Waals surface area contributed by atoms with Gasteiger partial charge in [-0.05, 0) is 44.9 Å². The maximum absolute atomic E-state index is 5.82. The zero-order valence-electron chi connectivity index (χ0n) is 10.7. The highest BCUT2D eigenvalue weighted by Gasteiger charge is 2.10. The van der Waals surface area contributed by atoms with Crippen molar-refractivity contribution in [2.75, 3.05) is 0 Å². The number of hydrogen-bond donors (Lipinski definition) is 0. The first-order chi connectivity index (χ1) is 8.08. The Bertz CT molecular complexity index is 510. The number of benzene rings is 1. The van der Waals surface area contributed by atoms with Gasteiger partial charge in [0.05, 0.1) is 11.3 Å². The number of aryl methyl sites for hydroxylation is 4. The predicted octanol–water partition coefficient (Wildman–Crippen LogP) is 3.49. The Labute approximate surface area is 101 Å². The number of hydrogen-bond acceptors (Lipinski definition) is 3. The minimum atomic E-state index is 0.505. The summed E-state index contributed by atoms with van der Waals surface area (Å²) in [6.45, 7) is 8.44. The standard InChI is InChI=1S/C14H17NO2/c1-9-5-6-10(2)14(7-9)16-8-13-11(3)15-17-12(13)4/h5-7H,8H2,1-4H3. The average molecular weight is 231 g/mol. The van der Waals surface area contributed by atoms with Crippen molar-refractivity contribution in [2.24, 2.45) is 0 Å². The molecule has 0 N–H and O–H groups in total. The van der Waals surface area contributed by atoms with E-state index in [2.05, 4.69) is 24.2 Å². The Morgan fingerprint density at radius 3 is 2.59 bits per heavy atom. The summed E-state index contributed by atoms with van der Waals surface area (Å²) in [5, 5.41) is 3.91. The van der Waals surface area contributed by atoms with Gasteiger partial charge < -0.3 is 9.26 Å². The van der Waals surface area contributed by atoms with Crippen molar-refractivity contribution in [3.05, 3.63) is 46.3 Å². The van der Waals surface area contributed by atoms with E-state index in [0.717, 1.165) is 28.3 Å². The Kier molecular flexibility index (Phi) is 3.18. The molecule has 2 aromatic rings. The molecule has 1 heterocycles. The van der Waals surface area contributed by atoms with Gasteiger partial charge in [-0.3, -0.25) is 0 Å². The number of aromatic nitrogens is 1. The van der Waals surface area contributed by atoms with Crippen LogP contribution in [-0.4, -0.2) is 5.16 Å². The molecular formula is C14H17NO2. The molecule has 0 aliphatic carbocycles. The van der Waals surface area contributed by atoms with E-state index in [0.29, 0.717) is 6.61 Å². The first kappa shape index (κ1) is 11.7. The van der Waals surface area contributed by atoms with Crippen molar-refractivity contribution in [3.63, 3.8) is 0 Å². The van der Waals surface area contributed by atoms with Crippen LogP contribution in [-0.2, 0) is 6.61 Å². The molecule has 0 aliphatic heterocycles. The van der Waals surface area contributed by atoms with Crippen LogP contribution in [0, 0.1) is 27.7 Å². The molecule has 0 radical (unpaired) electrons. The van der Waals surface area contributed by atoms with Gasteiger partial charge in [0.2, 0.25) is 0 Å². The minimum absolute atomic E-state index is 0.505. The second-order valence-electron chi connectivity index (χ2n) is 4.36. The predicted molar refractivity (Wildman–Crippen MR) is 66.2 cm³/mol. The number of ether oxygens (including phenoxy) is 1. The van der Waals surface area contributed by atoms with Gasteiger partial charge in [-0.25, -0.2) is 0 Å². The van der Waals surface area contributed by atoms with Gasteiger partial charge >= 0.3 is 0 Å². The summed E-state index contributed by atoms with van der Waals surface area (Å²) in [5.41, 5.74) is 4.27. The van der Waals surface area contributed by atoms with Crippen molar-refractivity contribution in [1.82, 2.24) is 5.16 Å². The monoisotopic (exact) mass is 231 g/mol. The van der Waals surface area contributed by atoms with E-state index >= 15 is 0 Å². The Hall–Kier alpha value is -1.77. The van der Waals surface area contributed by atoms with Crippen molar-refractivity contribution in [1.29, 1.82) is 0 Å². The molecule has 0 saturated heterocycles. The molecule has 0 aliphatic rings. The summed E-state index contributed by atoms with van der Waals surface area (Å²) in [5.74, 6) is 1.75. The summed E-state index contributed by atoms with van der Waals surface area (Å²) in [6.07, 6.45) is 0. The normalized spacial score (nSPS) is 10.6. The van der Waals surface area contributed by atoms with Crippen LogP contribution in [0.2, 0.25) is 0 Å². The first-order valence-electron chi connectivity index (χ1n) is 5.69. The van der Waals surface area contributed by atoms with Crippen LogP contribution in [0.1, 0.15) is 28.1 Å². The number of nitrogens with zero attached hydrogens (tertiary/aromatic N) is 1. The lowest BCUT2D eigenvalue weighted by molar-refractivity contribution is 0.299. The molecule has 0 unspecified atom stereocenters. The molecule has 2 rings (SSSR count). The molecule has 1 aromatic carbocycles. The van der Waals surface area contributed by atoms with Gasteiger partial charge in [0.15, 0.2) is 0 Å². The van der Waals surface area contributed by atoms with E-state index in [1.807, 2.05) is 26.8 Å². The molecular weight excluding hydrogens is 214 g/mol. The summed E-state index contributed by atoms with van der Waals surface area (Å²) in [6, 6.07) is 6.20. The summed E-state index contributed by atoms with van der Waals surface area (Å²) in [4.78, 5) is 0. The summed E-state index contributed by atoms with van der Waals surface area (Å²) < 4.78 is 10.9. The smallest absolute Gasteiger partial charge is 0.140 e. The maximum Gasteiger partial charge on any atom is 0.140 e. The van der Waals surface area contributed by atoms with Crippen LogP contribution in [0.15, 0.2) is 22.7 Å². The average Bonchev–Trinajstić information content (AvgIpc) is 2.61. The van der Waals surface area contributed by atoms with Gasteiger partial charge in [-0.15, -0.1) is 0 Å². The molecule has 0 fully saturated rings. The summed E-state index contributed by atoms with van der Waals surface area (Å²) >= 11 is 0. The molecule has 0 amide bonds. The van der Waals surface area contributed by atoms with E-state index in [1.165, 1.54) is 5.56 Å². The minimum Gasteiger partial charge on any atom is -0.488 e. The lowest BCUT2D eigenvalue weighted by Gasteiger charge is -2.09. The van der Waals surface area contributed by atoms with Gasteiger partial charge in [0.25, 0.3) is 0 Å². The fourth-order valence-corrected chi connectivity index (χ4v) is 1.72. The van der Waals surface area contributed by atoms with Gasteiger partial charge in [0.1, 0.15) is 18.1 Å². The topological polar surface area (TPSA) is 35.3 Å². The lowest BCUT2D eigenvalue weighted by atomic mass is 10.1. The highest BCUT2D eigenvalue weighted by atomic mass is 16.5. The molecule has 0 spiro atoms. The van der Waals surface area contributed by atoms with E-state index in [4.69, 9.17) is 9.26 Å². The van der Waals surface area contributed by atoms with Crippen LogP contribution in [0.4, 0.5) is 0 Å². The quantitative estimate of drug-likeness (QED) is 0.811. The first-order valence-corrected chi connectivity index (χ1v) is 5.69. The highest BCUT2D eigenvalue weighted by molar-refractivity contribution is 5.36. The van der Waals surface area contributed by atoms with Crippen LogP contribution in [0.25, 0.3) is 0 Å². The van der Waals surface area contributed by atoms with Crippen LogP contribution >= 0.6 is 0 Å². The van der Waals surface area contributed by atoms with Crippen molar-refractivity contribution in [3.8, 4) is 5.75 Å². The molecule has 0 bridgehead atoms. The van der Waals surface area contributed by atoms with Gasteiger partial charge in [-0.1, -0.05) is 17.3 Å². The lowest BCUT2D eigenvalue weighted by Crippen LogP contribution is -1.99. The van der Waals surface area contributed by atoms with Gasteiger partial charge in [-0.2, -0.15) is 0 Å². The molecule has 3 heteroatoms. The van der Waals surface area contributed by atoms with Crippen molar-refractivity contribution >= 4 is 0 Å². The molecule has 90 valence electrons. The molecule has 1 aromatic heterocycles. The van der Waals surface area contributed by atoms with E-state index in [9.17, 15) is 0 Å². The van der Waals surface area contributed by atoms with Gasteiger partial charge in [0, 0.05) is 0 Å². The Morgan fingerprint density at radius 2 is 1.94 bits per heavy atom. The third-order valence-corrected chi connectivity index (χ3v) is 2.90. The van der Waals surface area contributed by atoms with E-state index in [-0.39, 0.29) is 0 Å². The molecule has 3 nitrogen and oxygen atoms in total. The fourth-order valence-electron chi connectivity index (χ4n) is 1.72. The summed E-state index contributed by atoms with van der Waals surface area (Å²) in [7, 11) is 0. The molecule has 0 saturated carbocycles. The maximum atomic E-state index is 5.82. The van der Waals surface area contributed by atoms with Crippen molar-refractivity contribution in [2.45, 2.75) is 34.3 Å². The Balaban J connectivity index is 2.15.